The lowest BCUT2D eigenvalue weighted by Crippen LogP contribution is -2.46. The summed E-state index contributed by atoms with van der Waals surface area (Å²) in [7, 11) is 5.86. The highest BCUT2D eigenvalue weighted by molar-refractivity contribution is 5.83. The molecule has 2 N–H and O–H groups in total. The molecule has 184 valence electrons. The Labute approximate surface area is 208 Å². The summed E-state index contributed by atoms with van der Waals surface area (Å²) in [6.07, 6.45) is 5.78. The fourth-order valence-electron chi connectivity index (χ4n) is 4.14. The van der Waals surface area contributed by atoms with Gasteiger partial charge in [0.15, 0.2) is 11.5 Å². The second kappa shape index (κ2) is 9.76. The van der Waals surface area contributed by atoms with Crippen LogP contribution in [-0.4, -0.2) is 53.2 Å². The van der Waals surface area contributed by atoms with Crippen molar-refractivity contribution in [2.75, 3.05) is 31.8 Å². The van der Waals surface area contributed by atoms with Gasteiger partial charge in [-0.3, -0.25) is 4.98 Å². The van der Waals surface area contributed by atoms with E-state index in [1.54, 1.807) is 13.3 Å². The molecule has 1 aliphatic carbocycles. The quantitative estimate of drug-likeness (QED) is 0.332. The van der Waals surface area contributed by atoms with Crippen LogP contribution in [0.2, 0.25) is 0 Å². The topological polar surface area (TPSA) is 84.4 Å². The number of nitrogens with zero attached hydrogens (tertiary/aromatic N) is 4. The van der Waals surface area contributed by atoms with Crippen molar-refractivity contribution in [1.82, 2.24) is 19.9 Å². The fourth-order valence-corrected chi connectivity index (χ4v) is 4.14. The van der Waals surface area contributed by atoms with Gasteiger partial charge in [-0.05, 0) is 69.8 Å². The van der Waals surface area contributed by atoms with Crippen LogP contribution in [0.5, 0.6) is 11.5 Å². The molecule has 0 spiro atoms. The van der Waals surface area contributed by atoms with Gasteiger partial charge in [-0.1, -0.05) is 12.1 Å². The van der Waals surface area contributed by atoms with Crippen molar-refractivity contribution in [1.29, 1.82) is 0 Å². The monoisotopic (exact) mass is 474 g/mol. The smallest absolute Gasteiger partial charge is 0.229 e. The number of rotatable bonds is 8. The summed E-state index contributed by atoms with van der Waals surface area (Å²) < 4.78 is 11.7. The molecule has 5 rings (SSSR count). The summed E-state index contributed by atoms with van der Waals surface area (Å²) in [5.74, 6) is 2.57. The number of anilines is 4. The predicted octanol–water partition coefficient (Wildman–Crippen LogP) is 5.79. The second-order valence-corrected chi connectivity index (χ2v) is 9.13. The lowest BCUT2D eigenvalue weighted by molar-refractivity contribution is 0.0383. The maximum Gasteiger partial charge on any atom is 0.229 e. The van der Waals surface area contributed by atoms with E-state index in [4.69, 9.17) is 9.47 Å². The predicted molar refractivity (Wildman–Crippen MR) is 143 cm³/mol. The third kappa shape index (κ3) is 5.27. The lowest BCUT2D eigenvalue weighted by atomic mass is 9.88. The molecular formula is C27H34N6O2. The van der Waals surface area contributed by atoms with Gasteiger partial charge in [0.2, 0.25) is 5.95 Å². The highest BCUT2D eigenvalue weighted by Crippen LogP contribution is 2.36. The number of ether oxygens (including phenoxy) is 2. The fraction of sp³-hybridized carbons (Fsp3) is 0.296. The number of hydrogen-bond acceptors (Lipinski definition) is 8. The Hall–Kier alpha value is -3.91. The van der Waals surface area contributed by atoms with Crippen LogP contribution in [0, 0.1) is 6.92 Å². The van der Waals surface area contributed by atoms with Crippen LogP contribution >= 0.6 is 0 Å². The third-order valence-electron chi connectivity index (χ3n) is 6.28. The van der Waals surface area contributed by atoms with Crippen molar-refractivity contribution in [2.45, 2.75) is 31.9 Å². The Kier molecular flexibility index (Phi) is 6.37. The Bertz CT molecular complexity index is 1350. The highest BCUT2D eigenvalue weighted by Gasteiger charge is 2.32. The van der Waals surface area contributed by atoms with E-state index in [1.165, 1.54) is 5.56 Å². The molecule has 1 saturated carbocycles. The molecule has 8 nitrogen and oxygen atoms in total. The number of aromatic nitrogens is 3. The Morgan fingerprint density at radius 3 is 2.60 bits per heavy atom. The molecule has 2 aromatic heterocycles. The number of aryl methyl sites for hydroxylation is 1. The standard InChI is InChI=1S/C27H30N6O2.2H2/c1-17-5-6-18-12-20(16-29-23(18)11-17)30-26-9-10-28-27(32-26)31-19-7-8-24(25(13-19)34-4)35-22-14-21(15-22)33(2)3;;/h5-13,16,21-22H,14-15H2,1-4H3,(H2,28,30,31,32);2*1H. The van der Waals surface area contributed by atoms with Gasteiger partial charge in [-0.15, -0.1) is 0 Å². The van der Waals surface area contributed by atoms with Gasteiger partial charge in [0.25, 0.3) is 0 Å². The zero-order chi connectivity index (χ0) is 24.4. The Morgan fingerprint density at radius 2 is 1.80 bits per heavy atom. The van der Waals surface area contributed by atoms with Crippen LogP contribution in [-0.2, 0) is 0 Å². The van der Waals surface area contributed by atoms with Gasteiger partial charge >= 0.3 is 0 Å². The molecular weight excluding hydrogens is 440 g/mol. The van der Waals surface area contributed by atoms with Gasteiger partial charge in [-0.2, -0.15) is 4.98 Å². The summed E-state index contributed by atoms with van der Waals surface area (Å²) in [6.45, 7) is 2.06. The molecule has 1 fully saturated rings. The Balaban J connectivity index is 0.00000190. The molecule has 2 aromatic carbocycles. The minimum Gasteiger partial charge on any atom is -0.493 e. The summed E-state index contributed by atoms with van der Waals surface area (Å²) in [4.78, 5) is 15.7. The van der Waals surface area contributed by atoms with Crippen molar-refractivity contribution in [3.63, 3.8) is 0 Å². The minimum absolute atomic E-state index is 0. The van der Waals surface area contributed by atoms with Crippen molar-refractivity contribution in [3.8, 4) is 11.5 Å². The summed E-state index contributed by atoms with van der Waals surface area (Å²) in [6, 6.07) is 16.5. The molecule has 0 unspecified atom stereocenters. The summed E-state index contributed by atoms with van der Waals surface area (Å²) >= 11 is 0. The van der Waals surface area contributed by atoms with E-state index >= 15 is 0 Å². The number of fused-ring (bicyclic) bond motifs is 1. The second-order valence-electron chi connectivity index (χ2n) is 9.13. The van der Waals surface area contributed by atoms with Gasteiger partial charge in [0.05, 0.1) is 24.5 Å². The summed E-state index contributed by atoms with van der Waals surface area (Å²) in [5.41, 5.74) is 3.83. The van der Waals surface area contributed by atoms with Gasteiger partial charge in [0.1, 0.15) is 11.9 Å². The minimum atomic E-state index is 0. The Morgan fingerprint density at radius 1 is 0.943 bits per heavy atom. The van der Waals surface area contributed by atoms with E-state index in [0.29, 0.717) is 23.6 Å². The molecule has 8 heteroatoms. The van der Waals surface area contributed by atoms with Crippen LogP contribution < -0.4 is 20.1 Å². The molecule has 0 bridgehead atoms. The number of hydrogen-bond donors (Lipinski definition) is 2. The maximum atomic E-state index is 6.15. The third-order valence-corrected chi connectivity index (χ3v) is 6.28. The van der Waals surface area contributed by atoms with Crippen LogP contribution in [0.3, 0.4) is 0 Å². The average Bonchev–Trinajstić information content (AvgIpc) is 2.82. The summed E-state index contributed by atoms with van der Waals surface area (Å²) in [5, 5.41) is 7.63. The van der Waals surface area contributed by atoms with Crippen LogP contribution in [0.1, 0.15) is 21.3 Å². The number of nitrogens with one attached hydrogen (secondary N) is 2. The van der Waals surface area contributed by atoms with E-state index in [-0.39, 0.29) is 8.96 Å². The molecule has 4 aromatic rings. The normalized spacial score (nSPS) is 17.2. The van der Waals surface area contributed by atoms with E-state index in [1.807, 2.05) is 30.5 Å². The zero-order valence-electron chi connectivity index (χ0n) is 20.4. The largest absolute Gasteiger partial charge is 0.493 e. The lowest BCUT2D eigenvalue weighted by Gasteiger charge is -2.39. The van der Waals surface area contributed by atoms with Crippen molar-refractivity contribution < 1.29 is 12.3 Å². The highest BCUT2D eigenvalue weighted by atomic mass is 16.5. The van der Waals surface area contributed by atoms with Crippen LogP contribution in [0.15, 0.2) is 60.9 Å². The van der Waals surface area contributed by atoms with E-state index in [9.17, 15) is 0 Å². The van der Waals surface area contributed by atoms with Crippen molar-refractivity contribution in [3.05, 3.63) is 66.5 Å². The van der Waals surface area contributed by atoms with Crippen LogP contribution in [0.25, 0.3) is 10.9 Å². The number of pyridine rings is 1. The first kappa shape index (κ1) is 22.9. The molecule has 0 radical (unpaired) electrons. The SMILES string of the molecule is COc1cc(Nc2nccc(Nc3cnc4cc(C)ccc4c3)n2)ccc1OC1CC(N(C)C)C1.[HH].[HH]. The first-order valence-corrected chi connectivity index (χ1v) is 11.7. The van der Waals surface area contributed by atoms with Crippen LogP contribution in [0.4, 0.5) is 23.1 Å². The van der Waals surface area contributed by atoms with Gasteiger partial charge < -0.3 is 25.0 Å². The number of benzene rings is 2. The first-order valence-electron chi connectivity index (χ1n) is 11.7. The maximum absolute atomic E-state index is 6.15. The molecule has 1 aliphatic rings. The van der Waals surface area contributed by atoms with E-state index in [2.05, 4.69) is 75.8 Å². The van der Waals surface area contributed by atoms with E-state index in [0.717, 1.165) is 40.9 Å². The zero-order valence-corrected chi connectivity index (χ0v) is 20.4. The molecule has 2 heterocycles. The molecule has 0 aliphatic heterocycles. The van der Waals surface area contributed by atoms with Crippen molar-refractivity contribution in [2.24, 2.45) is 0 Å². The first-order chi connectivity index (χ1) is 17.0. The molecule has 35 heavy (non-hydrogen) atoms. The molecule has 0 saturated heterocycles. The van der Waals surface area contributed by atoms with E-state index < -0.39 is 0 Å². The molecule has 0 atom stereocenters. The van der Waals surface area contributed by atoms with Gasteiger partial charge in [0, 0.05) is 32.2 Å². The van der Waals surface area contributed by atoms with Crippen molar-refractivity contribution >= 4 is 34.0 Å². The molecule has 0 amide bonds. The average molecular weight is 475 g/mol. The van der Waals surface area contributed by atoms with Gasteiger partial charge in [-0.25, -0.2) is 4.98 Å². The number of methoxy groups -OCH3 is 1.